The van der Waals surface area contributed by atoms with Crippen molar-refractivity contribution in [2.24, 2.45) is 0 Å². The van der Waals surface area contributed by atoms with E-state index >= 15 is 0 Å². The van der Waals surface area contributed by atoms with E-state index < -0.39 is 6.04 Å². The lowest BCUT2D eigenvalue weighted by molar-refractivity contribution is -0.116. The summed E-state index contributed by atoms with van der Waals surface area (Å²) in [5.74, 6) is -0.217. The number of hydrogen-bond acceptors (Lipinski definition) is 4. The molecule has 1 aromatic carbocycles. The lowest BCUT2D eigenvalue weighted by Gasteiger charge is -2.19. The molecule has 0 spiro atoms. The summed E-state index contributed by atoms with van der Waals surface area (Å²) < 4.78 is 1.84. The largest absolute Gasteiger partial charge is 0.371 e. The average Bonchev–Trinajstić information content (AvgIpc) is 2.96. The van der Waals surface area contributed by atoms with Crippen LogP contribution in [0.5, 0.6) is 0 Å². The number of hydrogen-bond donors (Lipinski definition) is 2. The van der Waals surface area contributed by atoms with Gasteiger partial charge < -0.3 is 10.6 Å². The van der Waals surface area contributed by atoms with Crippen molar-refractivity contribution in [3.63, 3.8) is 0 Å². The Morgan fingerprint density at radius 2 is 1.92 bits per heavy atom. The maximum absolute atomic E-state index is 12.3. The van der Waals surface area contributed by atoms with Crippen molar-refractivity contribution in [3.8, 4) is 0 Å². The monoisotopic (exact) mass is 328 g/mol. The second-order valence-corrected chi connectivity index (χ2v) is 6.84. The predicted octanol–water partition coefficient (Wildman–Crippen LogP) is 3.28. The van der Waals surface area contributed by atoms with Gasteiger partial charge in [0.15, 0.2) is 5.78 Å². The molecule has 1 aromatic heterocycles. The molecular weight excluding hydrogens is 304 g/mol. The van der Waals surface area contributed by atoms with Crippen LogP contribution >= 0.6 is 0 Å². The third kappa shape index (κ3) is 4.44. The number of nitrogens with one attached hydrogen (secondary N) is 2. The first-order chi connectivity index (χ1) is 11.2. The minimum Gasteiger partial charge on any atom is -0.371 e. The van der Waals surface area contributed by atoms with E-state index in [-0.39, 0.29) is 17.2 Å². The van der Waals surface area contributed by atoms with Gasteiger partial charge in [-0.3, -0.25) is 14.3 Å². The summed E-state index contributed by atoms with van der Waals surface area (Å²) in [6, 6.07) is 6.46. The van der Waals surface area contributed by atoms with Crippen molar-refractivity contribution in [3.05, 3.63) is 42.2 Å². The van der Waals surface area contributed by atoms with Crippen molar-refractivity contribution in [2.45, 2.75) is 46.2 Å². The highest BCUT2D eigenvalue weighted by Gasteiger charge is 2.17. The maximum Gasteiger partial charge on any atom is 0.246 e. The smallest absolute Gasteiger partial charge is 0.246 e. The van der Waals surface area contributed by atoms with E-state index in [1.165, 1.54) is 6.92 Å². The number of carbonyl (C=O) groups excluding carboxylic acids is 2. The molecule has 0 radical (unpaired) electrons. The SMILES string of the molecule is CC(=O)c1cccc(NC(=O)[C@H](C)Nc2cnn(C(C)(C)C)c2)c1. The Bertz CT molecular complexity index is 743. The first-order valence-corrected chi connectivity index (χ1v) is 7.90. The maximum atomic E-state index is 12.3. The Morgan fingerprint density at radius 1 is 1.21 bits per heavy atom. The van der Waals surface area contributed by atoms with Gasteiger partial charge in [-0.1, -0.05) is 12.1 Å². The van der Waals surface area contributed by atoms with Gasteiger partial charge in [-0.2, -0.15) is 5.10 Å². The zero-order valence-corrected chi connectivity index (χ0v) is 14.8. The molecule has 128 valence electrons. The van der Waals surface area contributed by atoms with Crippen molar-refractivity contribution in [2.75, 3.05) is 10.6 Å². The average molecular weight is 328 g/mol. The zero-order chi connectivity index (χ0) is 17.9. The second kappa shape index (κ2) is 6.86. The Balaban J connectivity index is 2.01. The highest BCUT2D eigenvalue weighted by Crippen LogP contribution is 2.17. The normalized spacial score (nSPS) is 12.5. The molecule has 1 heterocycles. The van der Waals surface area contributed by atoms with Gasteiger partial charge >= 0.3 is 0 Å². The molecule has 0 aliphatic carbocycles. The molecule has 6 heteroatoms. The molecular formula is C18H24N4O2. The van der Waals surface area contributed by atoms with E-state index in [0.29, 0.717) is 11.3 Å². The number of rotatable bonds is 5. The molecule has 0 aliphatic heterocycles. The van der Waals surface area contributed by atoms with Crippen LogP contribution in [0.3, 0.4) is 0 Å². The molecule has 0 fully saturated rings. The van der Waals surface area contributed by atoms with E-state index in [0.717, 1.165) is 5.69 Å². The minimum atomic E-state index is -0.441. The highest BCUT2D eigenvalue weighted by atomic mass is 16.2. The van der Waals surface area contributed by atoms with E-state index in [4.69, 9.17) is 0 Å². The molecule has 1 amide bonds. The fourth-order valence-electron chi connectivity index (χ4n) is 2.15. The van der Waals surface area contributed by atoms with Crippen LogP contribution in [0, 0.1) is 0 Å². The molecule has 0 unspecified atom stereocenters. The summed E-state index contributed by atoms with van der Waals surface area (Å²) in [6.45, 7) is 9.45. The summed E-state index contributed by atoms with van der Waals surface area (Å²) >= 11 is 0. The van der Waals surface area contributed by atoms with Gasteiger partial charge in [-0.05, 0) is 46.8 Å². The number of amides is 1. The zero-order valence-electron chi connectivity index (χ0n) is 14.8. The van der Waals surface area contributed by atoms with Crippen molar-refractivity contribution < 1.29 is 9.59 Å². The summed E-state index contributed by atoms with van der Waals surface area (Å²) in [5, 5.41) is 10.2. The third-order valence-corrected chi connectivity index (χ3v) is 3.58. The third-order valence-electron chi connectivity index (χ3n) is 3.58. The van der Waals surface area contributed by atoms with E-state index in [9.17, 15) is 9.59 Å². The number of Topliss-reactive ketones (excluding diaryl/α,β-unsaturated/α-hetero) is 1. The highest BCUT2D eigenvalue weighted by molar-refractivity contribution is 5.99. The van der Waals surface area contributed by atoms with Crippen molar-refractivity contribution in [1.29, 1.82) is 0 Å². The Hall–Kier alpha value is -2.63. The Labute approximate surface area is 142 Å². The van der Waals surface area contributed by atoms with E-state index in [1.54, 1.807) is 37.4 Å². The molecule has 2 rings (SSSR count). The molecule has 0 saturated carbocycles. The molecule has 6 nitrogen and oxygen atoms in total. The van der Waals surface area contributed by atoms with Crippen molar-refractivity contribution in [1.82, 2.24) is 9.78 Å². The van der Waals surface area contributed by atoms with Gasteiger partial charge in [0.2, 0.25) is 5.91 Å². The molecule has 0 saturated heterocycles. The molecule has 0 aliphatic rings. The molecule has 1 atom stereocenters. The van der Waals surface area contributed by atoms with Crippen molar-refractivity contribution >= 4 is 23.1 Å². The van der Waals surface area contributed by atoms with Crippen LogP contribution in [-0.2, 0) is 10.3 Å². The Kier molecular flexibility index (Phi) is 5.07. The van der Waals surface area contributed by atoms with Crippen LogP contribution in [0.25, 0.3) is 0 Å². The van der Waals surface area contributed by atoms with E-state index in [2.05, 4.69) is 36.5 Å². The molecule has 0 bridgehead atoms. The van der Waals surface area contributed by atoms with Crippen LogP contribution in [0.2, 0.25) is 0 Å². The van der Waals surface area contributed by atoms with Gasteiger partial charge in [0.1, 0.15) is 6.04 Å². The van der Waals surface area contributed by atoms with Gasteiger partial charge in [0.05, 0.1) is 17.4 Å². The fourth-order valence-corrected chi connectivity index (χ4v) is 2.15. The lowest BCUT2D eigenvalue weighted by Crippen LogP contribution is -2.31. The number of anilines is 2. The van der Waals surface area contributed by atoms with Crippen LogP contribution in [-0.4, -0.2) is 27.5 Å². The lowest BCUT2D eigenvalue weighted by atomic mass is 10.1. The van der Waals surface area contributed by atoms with Crippen LogP contribution < -0.4 is 10.6 Å². The first-order valence-electron chi connectivity index (χ1n) is 7.90. The Morgan fingerprint density at radius 3 is 2.50 bits per heavy atom. The number of aromatic nitrogens is 2. The topological polar surface area (TPSA) is 76.0 Å². The van der Waals surface area contributed by atoms with Crippen LogP contribution in [0.4, 0.5) is 11.4 Å². The van der Waals surface area contributed by atoms with Crippen LogP contribution in [0.1, 0.15) is 45.0 Å². The van der Waals surface area contributed by atoms with Gasteiger partial charge in [-0.25, -0.2) is 0 Å². The number of benzene rings is 1. The summed E-state index contributed by atoms with van der Waals surface area (Å²) in [5.41, 5.74) is 1.84. The summed E-state index contributed by atoms with van der Waals surface area (Å²) in [6.07, 6.45) is 3.57. The van der Waals surface area contributed by atoms with Gasteiger partial charge in [0.25, 0.3) is 0 Å². The molecule has 24 heavy (non-hydrogen) atoms. The van der Waals surface area contributed by atoms with E-state index in [1.807, 2.05) is 10.9 Å². The van der Waals surface area contributed by atoms with Crippen LogP contribution in [0.15, 0.2) is 36.7 Å². The molecule has 2 aromatic rings. The minimum absolute atomic E-state index is 0.0353. The molecule has 2 N–H and O–H groups in total. The van der Waals surface area contributed by atoms with Gasteiger partial charge in [0, 0.05) is 17.4 Å². The summed E-state index contributed by atoms with van der Waals surface area (Å²) in [7, 11) is 0. The fraction of sp³-hybridized carbons (Fsp3) is 0.389. The van der Waals surface area contributed by atoms with Gasteiger partial charge in [-0.15, -0.1) is 0 Å². The first kappa shape index (κ1) is 17.7. The standard InChI is InChI=1S/C18H24N4O2/c1-12(20-16-10-19-22(11-16)18(3,4)5)17(24)21-15-8-6-7-14(9-15)13(2)23/h6-12,20H,1-5H3,(H,21,24)/t12-/m0/s1. The predicted molar refractivity (Wildman–Crippen MR) is 95.4 cm³/mol. The quantitative estimate of drug-likeness (QED) is 0.826. The second-order valence-electron chi connectivity index (χ2n) is 6.84. The number of ketones is 1. The number of carbonyl (C=O) groups is 2. The number of nitrogens with zero attached hydrogens (tertiary/aromatic N) is 2. The summed E-state index contributed by atoms with van der Waals surface area (Å²) in [4.78, 5) is 23.7.